The van der Waals surface area contributed by atoms with Crippen LogP contribution in [0, 0.1) is 0 Å². The summed E-state index contributed by atoms with van der Waals surface area (Å²) in [5.74, 6) is -1.16. The molecule has 0 saturated carbocycles. The monoisotopic (exact) mass is 529 g/mol. The number of pyridine rings is 1. The van der Waals surface area contributed by atoms with Crippen LogP contribution in [0.1, 0.15) is 31.3 Å². The second-order valence-corrected chi connectivity index (χ2v) is 4.15. The van der Waals surface area contributed by atoms with Crippen LogP contribution in [0.15, 0.2) is 36.4 Å². The Morgan fingerprint density at radius 1 is 1.08 bits per heavy atom. The van der Waals surface area contributed by atoms with Crippen molar-refractivity contribution in [2.75, 3.05) is 7.11 Å². The standard InChI is InChI=1S/C8H8O3.C7H7N3O2.Bi.3H/c1-11-7-4-2-3-6(5-9)8(7)10;8-6(11)4-2-1-3-5(10-4)7(9)12;;;;/h2-5,10H,1H3;1-3H,(H2,8,11)(H2,9,12);;;;. The zero-order valence-corrected chi connectivity index (χ0v) is 18.4. The zero-order chi connectivity index (χ0) is 17.4. The summed E-state index contributed by atoms with van der Waals surface area (Å²) < 4.78 is 4.78. The molecule has 5 N–H and O–H groups in total. The average Bonchev–Trinajstić information content (AvgIpc) is 2.55. The van der Waals surface area contributed by atoms with E-state index in [2.05, 4.69) is 4.98 Å². The van der Waals surface area contributed by atoms with E-state index in [1.807, 2.05) is 0 Å². The number of para-hydroxylation sites is 1. The van der Waals surface area contributed by atoms with Gasteiger partial charge in [0, 0.05) is 0 Å². The summed E-state index contributed by atoms with van der Waals surface area (Å²) in [7, 11) is 1.43. The summed E-state index contributed by atoms with van der Waals surface area (Å²) >= 11 is 0. The second-order valence-electron chi connectivity index (χ2n) is 4.15. The van der Waals surface area contributed by atoms with Crippen LogP contribution in [0.4, 0.5) is 0 Å². The van der Waals surface area contributed by atoms with Crippen molar-refractivity contribution < 1.29 is 24.2 Å². The number of hydrogen-bond donors (Lipinski definition) is 3. The van der Waals surface area contributed by atoms with Gasteiger partial charge < -0.3 is 21.3 Å². The number of primary amides is 2. The molecule has 0 saturated heterocycles. The number of nitrogens with zero attached hydrogens (tertiary/aromatic N) is 1. The number of nitrogens with two attached hydrogens (primary N) is 2. The van der Waals surface area contributed by atoms with Gasteiger partial charge in [0.05, 0.1) is 12.7 Å². The molecule has 128 valence electrons. The van der Waals surface area contributed by atoms with Gasteiger partial charge in [0.2, 0.25) is 0 Å². The van der Waals surface area contributed by atoms with E-state index >= 15 is 0 Å². The molecule has 0 atom stereocenters. The summed E-state index contributed by atoms with van der Waals surface area (Å²) in [4.78, 5) is 35.1. The number of ether oxygens (including phenoxy) is 1. The third-order valence-electron chi connectivity index (χ3n) is 2.63. The molecule has 1 aromatic carbocycles. The third kappa shape index (κ3) is 5.93. The number of phenolic OH excluding ortho intramolecular Hbond substituents is 1. The van der Waals surface area contributed by atoms with Crippen LogP contribution in [0.3, 0.4) is 0 Å². The predicted octanol–water partition coefficient (Wildman–Crippen LogP) is -0.691. The molecule has 2 amide bonds. The van der Waals surface area contributed by atoms with Crippen LogP contribution >= 0.6 is 0 Å². The van der Waals surface area contributed by atoms with Crippen LogP contribution < -0.4 is 16.2 Å². The summed E-state index contributed by atoms with van der Waals surface area (Å²) in [6.45, 7) is 0. The number of aromatic nitrogens is 1. The van der Waals surface area contributed by atoms with Crippen LogP contribution in [0.2, 0.25) is 0 Å². The minimum atomic E-state index is -0.682. The van der Waals surface area contributed by atoms with E-state index in [1.54, 1.807) is 12.1 Å². The van der Waals surface area contributed by atoms with E-state index in [0.29, 0.717) is 12.0 Å². The van der Waals surface area contributed by atoms with Gasteiger partial charge in [-0.15, -0.1) is 0 Å². The van der Waals surface area contributed by atoms with Crippen molar-refractivity contribution >= 4 is 44.3 Å². The molecular formula is C15H18BiN3O5. The van der Waals surface area contributed by atoms with E-state index < -0.39 is 11.8 Å². The summed E-state index contributed by atoms with van der Waals surface area (Å²) in [6.07, 6.45) is 0.581. The topological polar surface area (TPSA) is 146 Å². The summed E-state index contributed by atoms with van der Waals surface area (Å²) in [5.41, 5.74) is 10.2. The van der Waals surface area contributed by atoms with E-state index in [-0.39, 0.29) is 48.9 Å². The molecule has 0 aliphatic rings. The van der Waals surface area contributed by atoms with Gasteiger partial charge >= 0.3 is 26.2 Å². The minimum absolute atomic E-state index is 0. The Kier molecular flexibility index (Phi) is 9.19. The molecule has 1 aromatic heterocycles. The number of rotatable bonds is 4. The molecule has 0 aliphatic carbocycles. The number of carbonyl (C=O) groups excluding carboxylic acids is 3. The predicted molar refractivity (Wildman–Crippen MR) is 91.3 cm³/mol. The van der Waals surface area contributed by atoms with Gasteiger partial charge in [-0.05, 0) is 24.3 Å². The van der Waals surface area contributed by atoms with Gasteiger partial charge in [0.1, 0.15) is 11.4 Å². The fourth-order valence-electron chi connectivity index (χ4n) is 1.51. The number of aldehydes is 1. The van der Waals surface area contributed by atoms with Crippen molar-refractivity contribution in [2.45, 2.75) is 0 Å². The number of aromatic hydroxyl groups is 1. The van der Waals surface area contributed by atoms with Gasteiger partial charge in [-0.25, -0.2) is 4.98 Å². The molecule has 2 rings (SSSR count). The Bertz CT molecular complexity index is 708. The number of benzene rings is 1. The molecule has 24 heavy (non-hydrogen) atoms. The van der Waals surface area contributed by atoms with Crippen LogP contribution in [-0.2, 0) is 0 Å². The number of amides is 2. The van der Waals surface area contributed by atoms with Crippen LogP contribution in [-0.4, -0.2) is 61.5 Å². The maximum atomic E-state index is 10.6. The van der Waals surface area contributed by atoms with Gasteiger partial charge in [0.25, 0.3) is 11.8 Å². The fourth-order valence-corrected chi connectivity index (χ4v) is 1.51. The maximum absolute atomic E-state index is 10.6. The Morgan fingerprint density at radius 2 is 1.58 bits per heavy atom. The number of phenols is 1. The Morgan fingerprint density at radius 3 is 2.00 bits per heavy atom. The first-order chi connectivity index (χ1) is 10.9. The molecule has 0 spiro atoms. The van der Waals surface area contributed by atoms with E-state index in [9.17, 15) is 19.5 Å². The molecule has 0 aliphatic heterocycles. The van der Waals surface area contributed by atoms with Crippen LogP contribution in [0.5, 0.6) is 11.5 Å². The van der Waals surface area contributed by atoms with Crippen molar-refractivity contribution in [2.24, 2.45) is 11.5 Å². The first-order valence-electron chi connectivity index (χ1n) is 6.28. The van der Waals surface area contributed by atoms with E-state index in [0.717, 1.165) is 0 Å². The molecule has 0 radical (unpaired) electrons. The molecule has 2 aromatic rings. The van der Waals surface area contributed by atoms with E-state index in [4.69, 9.17) is 16.2 Å². The zero-order valence-electron chi connectivity index (χ0n) is 12.9. The second kappa shape index (κ2) is 10.3. The summed E-state index contributed by atoms with van der Waals surface area (Å²) in [6, 6.07) is 9.06. The first-order valence-corrected chi connectivity index (χ1v) is 6.28. The molecular weight excluding hydrogens is 511 g/mol. The van der Waals surface area contributed by atoms with Gasteiger partial charge in [-0.3, -0.25) is 14.4 Å². The van der Waals surface area contributed by atoms with E-state index in [1.165, 1.54) is 31.4 Å². The van der Waals surface area contributed by atoms with Crippen molar-refractivity contribution in [3.63, 3.8) is 0 Å². The molecule has 0 unspecified atom stereocenters. The number of hydrogen-bond acceptors (Lipinski definition) is 6. The Hall–Kier alpha value is -2.54. The van der Waals surface area contributed by atoms with Crippen molar-refractivity contribution in [1.82, 2.24) is 4.98 Å². The molecule has 1 heterocycles. The molecule has 0 bridgehead atoms. The quantitative estimate of drug-likeness (QED) is 0.353. The normalized spacial score (nSPS) is 8.88. The van der Waals surface area contributed by atoms with Crippen molar-refractivity contribution in [3.8, 4) is 11.5 Å². The molecule has 9 heteroatoms. The van der Waals surface area contributed by atoms with Crippen molar-refractivity contribution in [1.29, 1.82) is 0 Å². The van der Waals surface area contributed by atoms with Crippen molar-refractivity contribution in [3.05, 3.63) is 53.3 Å². The SMILES string of the molecule is COc1cccc(C=O)c1O.NC(=O)c1cccc(C(N)=O)n1.[BiH3]. The first kappa shape index (κ1) is 21.5. The fraction of sp³-hybridized carbons (Fsp3) is 0.0667. The van der Waals surface area contributed by atoms with Gasteiger partial charge in [-0.1, -0.05) is 12.1 Å². The Labute approximate surface area is 156 Å². The third-order valence-corrected chi connectivity index (χ3v) is 2.63. The van der Waals surface area contributed by atoms with Gasteiger partial charge in [0.15, 0.2) is 17.8 Å². The molecule has 0 fully saturated rings. The van der Waals surface area contributed by atoms with Crippen LogP contribution in [0.25, 0.3) is 0 Å². The van der Waals surface area contributed by atoms with Gasteiger partial charge in [-0.2, -0.15) is 0 Å². The number of methoxy groups -OCH3 is 1. The Balaban J connectivity index is 0.000000425. The molecule has 8 nitrogen and oxygen atoms in total. The number of carbonyl (C=O) groups is 3. The average molecular weight is 529 g/mol. The summed E-state index contributed by atoms with van der Waals surface area (Å²) in [5, 5.41) is 9.23.